The standard InChI is InChI=1S/C19H18N2O4/c1-12-3-8-15-16(11-12)19(24)21(18(15)23)10-9-17(22)20-13-4-6-14(25-2)7-5-13/h3-8,11H,9-10H2,1-2H3,(H,20,22). The topological polar surface area (TPSA) is 75.7 Å². The second-order valence-electron chi connectivity index (χ2n) is 5.84. The van der Waals surface area contributed by atoms with Crippen LogP contribution in [0.3, 0.4) is 0 Å². The van der Waals surface area contributed by atoms with Crippen molar-refractivity contribution in [1.29, 1.82) is 0 Å². The summed E-state index contributed by atoms with van der Waals surface area (Å²) in [5.41, 5.74) is 2.34. The molecule has 0 saturated heterocycles. The highest BCUT2D eigenvalue weighted by Crippen LogP contribution is 2.24. The van der Waals surface area contributed by atoms with Crippen molar-refractivity contribution >= 4 is 23.4 Å². The Morgan fingerprint density at radius 3 is 2.40 bits per heavy atom. The van der Waals surface area contributed by atoms with Crippen LogP contribution in [0.4, 0.5) is 5.69 Å². The monoisotopic (exact) mass is 338 g/mol. The number of hydrogen-bond donors (Lipinski definition) is 1. The van der Waals surface area contributed by atoms with Gasteiger partial charge in [0.2, 0.25) is 5.91 Å². The second-order valence-corrected chi connectivity index (χ2v) is 5.84. The number of nitrogens with zero attached hydrogens (tertiary/aromatic N) is 1. The van der Waals surface area contributed by atoms with E-state index in [4.69, 9.17) is 4.74 Å². The van der Waals surface area contributed by atoms with E-state index in [1.165, 1.54) is 0 Å². The fourth-order valence-corrected chi connectivity index (χ4v) is 2.72. The summed E-state index contributed by atoms with van der Waals surface area (Å²) in [6.07, 6.45) is 0.0382. The van der Waals surface area contributed by atoms with Gasteiger partial charge in [-0.25, -0.2) is 0 Å². The molecule has 2 aromatic carbocycles. The van der Waals surface area contributed by atoms with Crippen LogP contribution in [0.15, 0.2) is 42.5 Å². The van der Waals surface area contributed by atoms with Crippen LogP contribution in [0.5, 0.6) is 5.75 Å². The zero-order valence-corrected chi connectivity index (χ0v) is 14.0. The number of carbonyl (C=O) groups excluding carboxylic acids is 3. The van der Waals surface area contributed by atoms with E-state index in [0.29, 0.717) is 22.6 Å². The van der Waals surface area contributed by atoms with Crippen molar-refractivity contribution in [3.05, 3.63) is 59.2 Å². The van der Waals surface area contributed by atoms with Crippen molar-refractivity contribution in [2.45, 2.75) is 13.3 Å². The second kappa shape index (κ2) is 6.76. The molecule has 0 radical (unpaired) electrons. The highest BCUT2D eigenvalue weighted by atomic mass is 16.5. The van der Waals surface area contributed by atoms with Crippen LogP contribution in [0.2, 0.25) is 0 Å². The first-order valence-corrected chi connectivity index (χ1v) is 7.90. The molecule has 6 nitrogen and oxygen atoms in total. The molecule has 0 bridgehead atoms. The number of nitrogens with one attached hydrogen (secondary N) is 1. The van der Waals surface area contributed by atoms with E-state index in [2.05, 4.69) is 5.32 Å². The number of fused-ring (bicyclic) bond motifs is 1. The summed E-state index contributed by atoms with van der Waals surface area (Å²) >= 11 is 0. The lowest BCUT2D eigenvalue weighted by molar-refractivity contribution is -0.116. The minimum atomic E-state index is -0.350. The summed E-state index contributed by atoms with van der Waals surface area (Å²) in [5.74, 6) is -0.268. The molecule has 3 amide bonds. The Morgan fingerprint density at radius 1 is 1.04 bits per heavy atom. The fraction of sp³-hybridized carbons (Fsp3) is 0.211. The largest absolute Gasteiger partial charge is 0.497 e. The molecule has 0 atom stereocenters. The van der Waals surface area contributed by atoms with Crippen molar-refractivity contribution in [1.82, 2.24) is 4.90 Å². The number of aryl methyl sites for hydroxylation is 1. The van der Waals surface area contributed by atoms with Crippen LogP contribution in [-0.2, 0) is 4.79 Å². The molecule has 25 heavy (non-hydrogen) atoms. The van der Waals surface area contributed by atoms with Gasteiger partial charge in [0.1, 0.15) is 5.75 Å². The molecule has 0 spiro atoms. The van der Waals surface area contributed by atoms with E-state index in [1.54, 1.807) is 49.6 Å². The van der Waals surface area contributed by atoms with Crippen LogP contribution in [0, 0.1) is 6.92 Å². The number of imide groups is 1. The molecule has 2 aromatic rings. The predicted octanol–water partition coefficient (Wildman–Crippen LogP) is 2.63. The van der Waals surface area contributed by atoms with Crippen LogP contribution in [0.1, 0.15) is 32.7 Å². The molecule has 1 heterocycles. The van der Waals surface area contributed by atoms with Crippen LogP contribution < -0.4 is 10.1 Å². The zero-order valence-electron chi connectivity index (χ0n) is 14.0. The number of anilines is 1. The minimum Gasteiger partial charge on any atom is -0.497 e. The van der Waals surface area contributed by atoms with Crippen LogP contribution in [0.25, 0.3) is 0 Å². The van der Waals surface area contributed by atoms with Crippen LogP contribution in [-0.4, -0.2) is 36.3 Å². The summed E-state index contributed by atoms with van der Waals surface area (Å²) in [4.78, 5) is 37.9. The first kappa shape index (κ1) is 16.7. The van der Waals surface area contributed by atoms with Gasteiger partial charge in [-0.2, -0.15) is 0 Å². The summed E-state index contributed by atoms with van der Waals surface area (Å²) in [6.45, 7) is 1.91. The molecule has 1 N–H and O–H groups in total. The normalized spacial score (nSPS) is 13.0. The molecule has 0 unspecified atom stereocenters. The average molecular weight is 338 g/mol. The Balaban J connectivity index is 1.61. The maximum Gasteiger partial charge on any atom is 0.261 e. The molecule has 1 aliphatic heterocycles. The van der Waals surface area contributed by atoms with Crippen molar-refractivity contribution < 1.29 is 19.1 Å². The summed E-state index contributed by atoms with van der Waals surface area (Å²) in [5, 5.41) is 2.73. The third kappa shape index (κ3) is 3.38. The summed E-state index contributed by atoms with van der Waals surface area (Å²) in [6, 6.07) is 12.1. The Hall–Kier alpha value is -3.15. The summed E-state index contributed by atoms with van der Waals surface area (Å²) < 4.78 is 5.06. The summed E-state index contributed by atoms with van der Waals surface area (Å²) in [7, 11) is 1.57. The van der Waals surface area contributed by atoms with Gasteiger partial charge in [0.25, 0.3) is 11.8 Å². The molecular formula is C19H18N2O4. The molecule has 0 aromatic heterocycles. The van der Waals surface area contributed by atoms with E-state index in [9.17, 15) is 14.4 Å². The Labute approximate surface area is 145 Å². The van der Waals surface area contributed by atoms with E-state index in [0.717, 1.165) is 10.5 Å². The maximum absolute atomic E-state index is 12.4. The SMILES string of the molecule is COc1ccc(NC(=O)CCN2C(=O)c3ccc(C)cc3C2=O)cc1. The van der Waals surface area contributed by atoms with Crippen molar-refractivity contribution in [3.63, 3.8) is 0 Å². The van der Waals surface area contributed by atoms with E-state index >= 15 is 0 Å². The molecule has 0 saturated carbocycles. The van der Waals surface area contributed by atoms with E-state index in [-0.39, 0.29) is 30.7 Å². The van der Waals surface area contributed by atoms with Gasteiger partial charge < -0.3 is 10.1 Å². The van der Waals surface area contributed by atoms with Gasteiger partial charge in [0.05, 0.1) is 18.2 Å². The maximum atomic E-state index is 12.4. The molecule has 1 aliphatic rings. The number of hydrogen-bond acceptors (Lipinski definition) is 4. The van der Waals surface area contributed by atoms with Gasteiger partial charge in [-0.15, -0.1) is 0 Å². The average Bonchev–Trinajstić information content (AvgIpc) is 2.84. The molecule has 6 heteroatoms. The third-order valence-corrected chi connectivity index (χ3v) is 4.06. The van der Waals surface area contributed by atoms with E-state index < -0.39 is 0 Å². The quantitative estimate of drug-likeness (QED) is 0.851. The van der Waals surface area contributed by atoms with Gasteiger partial charge in [-0.1, -0.05) is 11.6 Å². The molecule has 0 fully saturated rings. The molecule has 3 rings (SSSR count). The number of amides is 3. The zero-order chi connectivity index (χ0) is 18.0. The van der Waals surface area contributed by atoms with Crippen molar-refractivity contribution in [3.8, 4) is 5.75 Å². The van der Waals surface area contributed by atoms with Crippen molar-refractivity contribution in [2.75, 3.05) is 19.0 Å². The smallest absolute Gasteiger partial charge is 0.261 e. The van der Waals surface area contributed by atoms with E-state index in [1.807, 2.05) is 6.92 Å². The lowest BCUT2D eigenvalue weighted by atomic mass is 10.1. The van der Waals surface area contributed by atoms with Gasteiger partial charge >= 0.3 is 0 Å². The number of rotatable bonds is 5. The molecular weight excluding hydrogens is 320 g/mol. The Bertz CT molecular complexity index is 843. The first-order valence-electron chi connectivity index (χ1n) is 7.90. The first-order chi connectivity index (χ1) is 12.0. The minimum absolute atomic E-state index is 0.0382. The van der Waals surface area contributed by atoms with Crippen molar-refractivity contribution in [2.24, 2.45) is 0 Å². The lowest BCUT2D eigenvalue weighted by Crippen LogP contribution is -2.32. The number of ether oxygens (including phenoxy) is 1. The lowest BCUT2D eigenvalue weighted by Gasteiger charge is -2.13. The van der Waals surface area contributed by atoms with Gasteiger partial charge in [-0.3, -0.25) is 19.3 Å². The number of benzene rings is 2. The van der Waals surface area contributed by atoms with Gasteiger partial charge in [0, 0.05) is 18.7 Å². The van der Waals surface area contributed by atoms with Gasteiger partial charge in [-0.05, 0) is 43.3 Å². The molecule has 0 aliphatic carbocycles. The molecule has 128 valence electrons. The highest BCUT2D eigenvalue weighted by Gasteiger charge is 2.35. The van der Waals surface area contributed by atoms with Gasteiger partial charge in [0.15, 0.2) is 0 Å². The Kier molecular flexibility index (Phi) is 4.52. The fourth-order valence-electron chi connectivity index (χ4n) is 2.72. The number of carbonyl (C=O) groups is 3. The number of methoxy groups -OCH3 is 1. The third-order valence-electron chi connectivity index (χ3n) is 4.06. The van der Waals surface area contributed by atoms with Crippen LogP contribution >= 0.6 is 0 Å². The highest BCUT2D eigenvalue weighted by molar-refractivity contribution is 6.21. The Morgan fingerprint density at radius 2 is 1.72 bits per heavy atom. The predicted molar refractivity (Wildman–Crippen MR) is 92.8 cm³/mol.